The van der Waals surface area contributed by atoms with E-state index in [1.807, 2.05) is 47.4 Å². The Kier molecular flexibility index (Phi) is 7.01. The zero-order valence-electron chi connectivity index (χ0n) is 21.2. The summed E-state index contributed by atoms with van der Waals surface area (Å²) in [6.45, 7) is 8.26. The Balaban J connectivity index is 1.61. The third-order valence-corrected chi connectivity index (χ3v) is 9.89. The van der Waals surface area contributed by atoms with Crippen LogP contribution in [-0.4, -0.2) is 44.7 Å². The van der Waals surface area contributed by atoms with Crippen molar-refractivity contribution in [1.29, 1.82) is 0 Å². The first-order valence-electron chi connectivity index (χ1n) is 12.9. The lowest BCUT2D eigenvalue weighted by Gasteiger charge is -2.49. The van der Waals surface area contributed by atoms with Gasteiger partial charge >= 0.3 is 0 Å². The average molecular weight is 546 g/mol. The standard InChI is InChI=1S/C28H34Cl2N2O3Si/c1-36(2,3)14-13-35-18-31-25-16-22(30)9-10-24(25)28(27(31)34)23(20-5-4-6-21(29)15-20)11-12-26(33)32(28)17-19-7-8-19/h4-6,9-10,15-16,19,23H,7-8,11-14,17-18H2,1-3H3/t23?,28-/m0/s1. The summed E-state index contributed by atoms with van der Waals surface area (Å²) in [5, 5.41) is 1.18. The van der Waals surface area contributed by atoms with Crippen LogP contribution >= 0.6 is 23.2 Å². The molecule has 5 rings (SSSR count). The molecule has 36 heavy (non-hydrogen) atoms. The van der Waals surface area contributed by atoms with E-state index >= 15 is 0 Å². The van der Waals surface area contributed by atoms with E-state index in [0.717, 1.165) is 35.7 Å². The first kappa shape index (κ1) is 25.8. The largest absolute Gasteiger partial charge is 0.361 e. The topological polar surface area (TPSA) is 49.9 Å². The molecule has 2 aromatic carbocycles. The summed E-state index contributed by atoms with van der Waals surface area (Å²) in [6, 6.07) is 14.4. The first-order valence-corrected chi connectivity index (χ1v) is 17.3. The highest BCUT2D eigenvalue weighted by Crippen LogP contribution is 2.57. The Morgan fingerprint density at radius 1 is 1.03 bits per heavy atom. The molecule has 0 aromatic heterocycles. The van der Waals surface area contributed by atoms with Crippen LogP contribution in [-0.2, 0) is 19.9 Å². The van der Waals surface area contributed by atoms with Crippen molar-refractivity contribution >= 4 is 48.8 Å². The van der Waals surface area contributed by atoms with E-state index < -0.39 is 13.6 Å². The Hall–Kier alpha value is -1.86. The Bertz CT molecular complexity index is 1180. The fraction of sp³-hybridized carbons (Fsp3) is 0.500. The van der Waals surface area contributed by atoms with Crippen molar-refractivity contribution in [2.45, 2.75) is 62.8 Å². The second-order valence-electron chi connectivity index (χ2n) is 11.6. The minimum Gasteiger partial charge on any atom is -0.361 e. The number of carbonyl (C=O) groups is 2. The van der Waals surface area contributed by atoms with Crippen LogP contribution in [0.1, 0.15) is 42.7 Å². The molecule has 0 bridgehead atoms. The van der Waals surface area contributed by atoms with Gasteiger partial charge in [0.25, 0.3) is 5.91 Å². The van der Waals surface area contributed by atoms with Gasteiger partial charge < -0.3 is 9.64 Å². The molecule has 2 fully saturated rings. The lowest BCUT2D eigenvalue weighted by atomic mass is 9.69. The number of ether oxygens (including phenoxy) is 1. The summed E-state index contributed by atoms with van der Waals surface area (Å²) in [5.74, 6) is 0.156. The van der Waals surface area contributed by atoms with Crippen LogP contribution in [0.5, 0.6) is 0 Å². The maximum atomic E-state index is 14.7. The van der Waals surface area contributed by atoms with Gasteiger partial charge in [0.2, 0.25) is 5.91 Å². The molecule has 0 N–H and O–H groups in total. The van der Waals surface area contributed by atoms with Gasteiger partial charge in [-0.15, -0.1) is 0 Å². The normalized spacial score (nSPS) is 24.1. The summed E-state index contributed by atoms with van der Waals surface area (Å²) in [7, 11) is -1.28. The van der Waals surface area contributed by atoms with Crippen molar-refractivity contribution in [2.24, 2.45) is 5.92 Å². The van der Waals surface area contributed by atoms with Gasteiger partial charge in [-0.3, -0.25) is 14.5 Å². The second-order valence-corrected chi connectivity index (χ2v) is 18.1. The van der Waals surface area contributed by atoms with Crippen molar-refractivity contribution in [3.63, 3.8) is 0 Å². The quantitative estimate of drug-likeness (QED) is 0.275. The summed E-state index contributed by atoms with van der Waals surface area (Å²) in [5.41, 5.74) is 1.42. The highest BCUT2D eigenvalue weighted by Gasteiger charge is 2.63. The SMILES string of the molecule is C[Si](C)(C)CCOCN1C(=O)[C@@]2(c3ccc(Cl)cc31)C(c1cccc(Cl)c1)CCC(=O)N2CC1CC1. The van der Waals surface area contributed by atoms with Crippen molar-refractivity contribution < 1.29 is 14.3 Å². The monoisotopic (exact) mass is 544 g/mol. The van der Waals surface area contributed by atoms with E-state index in [2.05, 4.69) is 19.6 Å². The molecular weight excluding hydrogens is 511 g/mol. The van der Waals surface area contributed by atoms with Gasteiger partial charge in [-0.2, -0.15) is 0 Å². The molecule has 0 radical (unpaired) electrons. The Morgan fingerprint density at radius 2 is 1.78 bits per heavy atom. The summed E-state index contributed by atoms with van der Waals surface area (Å²) in [4.78, 5) is 31.8. The smallest absolute Gasteiger partial charge is 0.260 e. The van der Waals surface area contributed by atoms with Crippen LogP contribution in [0.25, 0.3) is 0 Å². The molecule has 1 spiro atoms. The minimum atomic E-state index is -1.28. The highest BCUT2D eigenvalue weighted by atomic mass is 35.5. The summed E-state index contributed by atoms with van der Waals surface area (Å²) in [6.07, 6.45) is 3.17. The van der Waals surface area contributed by atoms with E-state index in [4.69, 9.17) is 27.9 Å². The zero-order chi connectivity index (χ0) is 25.7. The molecule has 1 unspecified atom stereocenters. The van der Waals surface area contributed by atoms with Gasteiger partial charge in [0.15, 0.2) is 5.54 Å². The number of benzene rings is 2. The fourth-order valence-corrected chi connectivity index (χ4v) is 6.79. The molecule has 1 aliphatic carbocycles. The van der Waals surface area contributed by atoms with Crippen LogP contribution in [0.15, 0.2) is 42.5 Å². The van der Waals surface area contributed by atoms with Gasteiger partial charge in [0.05, 0.1) is 5.69 Å². The van der Waals surface area contributed by atoms with Crippen LogP contribution < -0.4 is 4.90 Å². The number of fused-ring (bicyclic) bond motifs is 2. The van der Waals surface area contributed by atoms with Crippen LogP contribution in [0.4, 0.5) is 5.69 Å². The number of halogens is 2. The molecule has 5 nitrogen and oxygen atoms in total. The maximum Gasteiger partial charge on any atom is 0.260 e. The van der Waals surface area contributed by atoms with E-state index in [9.17, 15) is 9.59 Å². The molecular formula is C28H34Cl2N2O3Si. The molecule has 2 atom stereocenters. The van der Waals surface area contributed by atoms with Gasteiger partial charge in [-0.25, -0.2) is 0 Å². The van der Waals surface area contributed by atoms with Crippen molar-refractivity contribution in [3.05, 3.63) is 63.6 Å². The third-order valence-electron chi connectivity index (χ3n) is 7.72. The van der Waals surface area contributed by atoms with E-state index in [-0.39, 0.29) is 24.5 Å². The highest BCUT2D eigenvalue weighted by molar-refractivity contribution is 6.76. The number of hydrogen-bond acceptors (Lipinski definition) is 3. The molecule has 2 heterocycles. The molecule has 3 aliphatic rings. The molecule has 2 aliphatic heterocycles. The number of piperidine rings is 1. The second kappa shape index (κ2) is 9.79. The number of anilines is 1. The number of carbonyl (C=O) groups excluding carboxylic acids is 2. The van der Waals surface area contributed by atoms with Gasteiger partial charge in [-0.1, -0.05) is 61.0 Å². The number of amides is 2. The van der Waals surface area contributed by atoms with Crippen molar-refractivity contribution in [3.8, 4) is 0 Å². The fourth-order valence-electron chi connectivity index (χ4n) is 5.67. The third kappa shape index (κ3) is 4.73. The van der Waals surface area contributed by atoms with Crippen molar-refractivity contribution in [2.75, 3.05) is 24.8 Å². The van der Waals surface area contributed by atoms with Crippen LogP contribution in [0, 0.1) is 5.92 Å². The van der Waals surface area contributed by atoms with Gasteiger partial charge in [0.1, 0.15) is 6.73 Å². The Labute approximate surface area is 224 Å². The lowest BCUT2D eigenvalue weighted by Crippen LogP contribution is -2.61. The molecule has 8 heteroatoms. The number of hydrogen-bond donors (Lipinski definition) is 0. The minimum absolute atomic E-state index is 0.0379. The van der Waals surface area contributed by atoms with E-state index in [0.29, 0.717) is 42.0 Å². The molecule has 1 saturated heterocycles. The maximum absolute atomic E-state index is 14.7. The molecule has 2 amide bonds. The Morgan fingerprint density at radius 3 is 2.47 bits per heavy atom. The first-order chi connectivity index (χ1) is 17.1. The van der Waals surface area contributed by atoms with Crippen molar-refractivity contribution in [1.82, 2.24) is 4.90 Å². The average Bonchev–Trinajstić information content (AvgIpc) is 3.60. The molecule has 192 valence electrons. The number of likely N-dealkylation sites (tertiary alicyclic amines) is 1. The predicted molar refractivity (Wildman–Crippen MR) is 147 cm³/mol. The van der Waals surface area contributed by atoms with Crippen LogP contribution in [0.3, 0.4) is 0 Å². The number of rotatable bonds is 8. The lowest BCUT2D eigenvalue weighted by molar-refractivity contribution is -0.154. The number of nitrogens with zero attached hydrogens (tertiary/aromatic N) is 2. The van der Waals surface area contributed by atoms with Crippen LogP contribution in [0.2, 0.25) is 35.7 Å². The van der Waals surface area contributed by atoms with Gasteiger partial charge in [0, 0.05) is 49.2 Å². The van der Waals surface area contributed by atoms with E-state index in [1.54, 1.807) is 4.90 Å². The summed E-state index contributed by atoms with van der Waals surface area (Å²) >= 11 is 12.9. The van der Waals surface area contributed by atoms with Gasteiger partial charge in [-0.05, 0) is 61.1 Å². The van der Waals surface area contributed by atoms with E-state index in [1.165, 1.54) is 0 Å². The summed E-state index contributed by atoms with van der Waals surface area (Å²) < 4.78 is 6.08. The predicted octanol–water partition coefficient (Wildman–Crippen LogP) is 6.66. The molecule has 2 aromatic rings. The molecule has 1 saturated carbocycles. The zero-order valence-corrected chi connectivity index (χ0v) is 23.7.